The SMILES string of the molecule is CCC1CCCCC1c1cc(C)cnc1N. The number of nitrogens with two attached hydrogens (primary N) is 1. The van der Waals surface area contributed by atoms with Gasteiger partial charge in [-0.2, -0.15) is 0 Å². The molecule has 1 fully saturated rings. The van der Waals surface area contributed by atoms with Crippen LogP contribution in [0.1, 0.15) is 56.1 Å². The van der Waals surface area contributed by atoms with E-state index in [1.54, 1.807) is 0 Å². The van der Waals surface area contributed by atoms with Crippen LogP contribution in [0, 0.1) is 12.8 Å². The molecule has 1 saturated carbocycles. The largest absolute Gasteiger partial charge is 0.383 e. The van der Waals surface area contributed by atoms with E-state index in [9.17, 15) is 0 Å². The van der Waals surface area contributed by atoms with Gasteiger partial charge in [0.2, 0.25) is 0 Å². The molecule has 88 valence electrons. The fourth-order valence-corrected chi connectivity index (χ4v) is 3.01. The molecule has 2 nitrogen and oxygen atoms in total. The van der Waals surface area contributed by atoms with Gasteiger partial charge < -0.3 is 5.73 Å². The zero-order chi connectivity index (χ0) is 11.5. The maximum atomic E-state index is 6.03. The van der Waals surface area contributed by atoms with Crippen LogP contribution in [0.4, 0.5) is 5.82 Å². The summed E-state index contributed by atoms with van der Waals surface area (Å²) in [5, 5.41) is 0. The molecule has 1 aliphatic carbocycles. The smallest absolute Gasteiger partial charge is 0.126 e. The summed E-state index contributed by atoms with van der Waals surface area (Å²) < 4.78 is 0. The van der Waals surface area contributed by atoms with Crippen molar-refractivity contribution in [1.29, 1.82) is 0 Å². The Morgan fingerprint density at radius 2 is 2.12 bits per heavy atom. The predicted octanol–water partition coefficient (Wildman–Crippen LogP) is 3.66. The lowest BCUT2D eigenvalue weighted by Gasteiger charge is -2.31. The van der Waals surface area contributed by atoms with Crippen molar-refractivity contribution in [3.8, 4) is 0 Å². The Morgan fingerprint density at radius 3 is 2.88 bits per heavy atom. The van der Waals surface area contributed by atoms with Gasteiger partial charge >= 0.3 is 0 Å². The lowest BCUT2D eigenvalue weighted by atomic mass is 9.74. The first-order valence-corrected chi connectivity index (χ1v) is 6.44. The average molecular weight is 218 g/mol. The summed E-state index contributed by atoms with van der Waals surface area (Å²) >= 11 is 0. The average Bonchev–Trinajstić information content (AvgIpc) is 2.32. The minimum Gasteiger partial charge on any atom is -0.383 e. The number of nitrogens with zero attached hydrogens (tertiary/aromatic N) is 1. The van der Waals surface area contributed by atoms with Crippen molar-refractivity contribution in [1.82, 2.24) is 4.98 Å². The summed E-state index contributed by atoms with van der Waals surface area (Å²) in [6.07, 6.45) is 8.49. The third-order valence-corrected chi connectivity index (χ3v) is 3.92. The number of hydrogen-bond acceptors (Lipinski definition) is 2. The Balaban J connectivity index is 2.30. The highest BCUT2D eigenvalue weighted by Gasteiger charge is 2.26. The van der Waals surface area contributed by atoms with E-state index in [1.165, 1.54) is 43.2 Å². The third kappa shape index (κ3) is 2.21. The number of rotatable bonds is 2. The molecule has 0 radical (unpaired) electrons. The quantitative estimate of drug-likeness (QED) is 0.822. The van der Waals surface area contributed by atoms with Gasteiger partial charge in [-0.05, 0) is 42.7 Å². The van der Waals surface area contributed by atoms with Gasteiger partial charge in [0, 0.05) is 6.20 Å². The van der Waals surface area contributed by atoms with Crippen LogP contribution in [-0.2, 0) is 0 Å². The lowest BCUT2D eigenvalue weighted by molar-refractivity contribution is 0.299. The molecule has 0 spiro atoms. The van der Waals surface area contributed by atoms with Gasteiger partial charge in [-0.25, -0.2) is 4.98 Å². The second-order valence-electron chi connectivity index (χ2n) is 5.05. The first-order valence-electron chi connectivity index (χ1n) is 6.44. The van der Waals surface area contributed by atoms with Crippen molar-refractivity contribution in [2.75, 3.05) is 5.73 Å². The van der Waals surface area contributed by atoms with Crippen molar-refractivity contribution < 1.29 is 0 Å². The van der Waals surface area contributed by atoms with E-state index in [0.29, 0.717) is 5.92 Å². The zero-order valence-electron chi connectivity index (χ0n) is 10.4. The van der Waals surface area contributed by atoms with E-state index in [0.717, 1.165) is 11.7 Å². The van der Waals surface area contributed by atoms with Crippen LogP contribution in [-0.4, -0.2) is 4.98 Å². The number of anilines is 1. The maximum Gasteiger partial charge on any atom is 0.126 e. The standard InChI is InChI=1S/C14H22N2/c1-3-11-6-4-5-7-12(11)13-8-10(2)9-16-14(13)15/h8-9,11-12H,3-7H2,1-2H3,(H2,15,16). The molecule has 0 amide bonds. The maximum absolute atomic E-state index is 6.03. The van der Waals surface area contributed by atoms with Crippen LogP contribution < -0.4 is 5.73 Å². The number of hydrogen-bond donors (Lipinski definition) is 1. The topological polar surface area (TPSA) is 38.9 Å². The van der Waals surface area contributed by atoms with Gasteiger partial charge in [0.1, 0.15) is 5.82 Å². The van der Waals surface area contributed by atoms with Crippen LogP contribution in [0.5, 0.6) is 0 Å². The Bertz CT molecular complexity index is 360. The van der Waals surface area contributed by atoms with Gasteiger partial charge in [-0.3, -0.25) is 0 Å². The Labute approximate surface area is 98.3 Å². The second-order valence-corrected chi connectivity index (χ2v) is 5.05. The normalized spacial score (nSPS) is 25.6. The van der Waals surface area contributed by atoms with Gasteiger partial charge in [0.05, 0.1) is 0 Å². The molecule has 0 aromatic carbocycles. The van der Waals surface area contributed by atoms with E-state index in [4.69, 9.17) is 5.73 Å². The fraction of sp³-hybridized carbons (Fsp3) is 0.643. The Kier molecular flexibility index (Phi) is 3.47. The molecule has 16 heavy (non-hydrogen) atoms. The molecule has 2 rings (SSSR count). The summed E-state index contributed by atoms with van der Waals surface area (Å²) in [4.78, 5) is 4.30. The third-order valence-electron chi connectivity index (χ3n) is 3.92. The van der Waals surface area contributed by atoms with Gasteiger partial charge in [0.25, 0.3) is 0 Å². The molecule has 2 unspecified atom stereocenters. The number of aromatic nitrogens is 1. The Hall–Kier alpha value is -1.05. The predicted molar refractivity (Wildman–Crippen MR) is 68.4 cm³/mol. The summed E-state index contributed by atoms with van der Waals surface area (Å²) in [6, 6.07) is 2.24. The molecule has 1 aromatic heterocycles. The number of aryl methyl sites for hydroxylation is 1. The van der Waals surface area contributed by atoms with Crippen molar-refractivity contribution >= 4 is 5.82 Å². The van der Waals surface area contributed by atoms with Crippen LogP contribution in [0.2, 0.25) is 0 Å². The van der Waals surface area contributed by atoms with E-state index >= 15 is 0 Å². The Morgan fingerprint density at radius 1 is 1.38 bits per heavy atom. The van der Waals surface area contributed by atoms with Gasteiger partial charge in [0.15, 0.2) is 0 Å². The highest BCUT2D eigenvalue weighted by atomic mass is 14.8. The number of nitrogen functional groups attached to an aromatic ring is 1. The highest BCUT2D eigenvalue weighted by molar-refractivity contribution is 5.43. The molecule has 0 aliphatic heterocycles. The molecule has 2 heteroatoms. The molecular formula is C14H22N2. The molecule has 2 N–H and O–H groups in total. The zero-order valence-corrected chi connectivity index (χ0v) is 10.4. The number of pyridine rings is 1. The summed E-state index contributed by atoms with van der Waals surface area (Å²) in [5.41, 5.74) is 8.55. The van der Waals surface area contributed by atoms with Gasteiger partial charge in [-0.15, -0.1) is 0 Å². The minimum atomic E-state index is 0.645. The molecule has 0 bridgehead atoms. The summed E-state index contributed by atoms with van der Waals surface area (Å²) in [7, 11) is 0. The van der Waals surface area contributed by atoms with Crippen LogP contribution in [0.3, 0.4) is 0 Å². The van der Waals surface area contributed by atoms with Gasteiger partial charge in [-0.1, -0.05) is 32.3 Å². The summed E-state index contributed by atoms with van der Waals surface area (Å²) in [6.45, 7) is 4.39. The van der Waals surface area contributed by atoms with Crippen LogP contribution in [0.15, 0.2) is 12.3 Å². The minimum absolute atomic E-state index is 0.645. The second kappa shape index (κ2) is 4.86. The molecule has 1 aromatic rings. The first-order chi connectivity index (χ1) is 7.72. The molecule has 1 heterocycles. The van der Waals surface area contributed by atoms with E-state index in [-0.39, 0.29) is 0 Å². The van der Waals surface area contributed by atoms with E-state index in [1.807, 2.05) is 6.20 Å². The monoisotopic (exact) mass is 218 g/mol. The van der Waals surface area contributed by atoms with Crippen LogP contribution >= 0.6 is 0 Å². The van der Waals surface area contributed by atoms with Crippen molar-refractivity contribution in [3.63, 3.8) is 0 Å². The summed E-state index contributed by atoms with van der Waals surface area (Å²) in [5.74, 6) is 2.20. The van der Waals surface area contributed by atoms with Crippen LogP contribution in [0.25, 0.3) is 0 Å². The van der Waals surface area contributed by atoms with Crippen molar-refractivity contribution in [2.24, 2.45) is 5.92 Å². The molecule has 0 saturated heterocycles. The molecular weight excluding hydrogens is 196 g/mol. The van der Waals surface area contributed by atoms with E-state index < -0.39 is 0 Å². The fourth-order valence-electron chi connectivity index (χ4n) is 3.01. The van der Waals surface area contributed by atoms with Crippen molar-refractivity contribution in [2.45, 2.75) is 51.9 Å². The van der Waals surface area contributed by atoms with Crippen molar-refractivity contribution in [3.05, 3.63) is 23.4 Å². The first kappa shape index (κ1) is 11.4. The highest BCUT2D eigenvalue weighted by Crippen LogP contribution is 2.41. The molecule has 2 atom stereocenters. The molecule has 1 aliphatic rings. The van der Waals surface area contributed by atoms with E-state index in [2.05, 4.69) is 24.9 Å². The lowest BCUT2D eigenvalue weighted by Crippen LogP contribution is -2.18.